The lowest BCUT2D eigenvalue weighted by molar-refractivity contribution is -0.120. The van der Waals surface area contributed by atoms with Gasteiger partial charge >= 0.3 is 6.18 Å². The van der Waals surface area contributed by atoms with Gasteiger partial charge in [-0.05, 0) is 6.42 Å². The second kappa shape index (κ2) is 5.64. The second-order valence-corrected chi connectivity index (χ2v) is 2.72. The number of carbonyl (C=O) groups excluding carboxylic acids is 1. The van der Waals surface area contributed by atoms with E-state index in [1.165, 1.54) is 0 Å². The van der Waals surface area contributed by atoms with E-state index in [2.05, 4.69) is 5.32 Å². The van der Waals surface area contributed by atoms with Crippen molar-refractivity contribution in [3.63, 3.8) is 0 Å². The van der Waals surface area contributed by atoms with Crippen LogP contribution in [-0.4, -0.2) is 24.7 Å². The molecule has 1 atom stereocenters. The molecule has 1 amide bonds. The van der Waals surface area contributed by atoms with Crippen LogP contribution < -0.4 is 11.1 Å². The first-order valence-corrected chi connectivity index (χ1v) is 4.14. The van der Waals surface area contributed by atoms with E-state index < -0.39 is 18.1 Å². The maximum Gasteiger partial charge on any atom is 0.409 e. The van der Waals surface area contributed by atoms with Crippen LogP contribution in [0, 0.1) is 0 Å². The van der Waals surface area contributed by atoms with Crippen LogP contribution in [0.1, 0.15) is 13.3 Å². The highest BCUT2D eigenvalue weighted by Crippen LogP contribution is 2.15. The number of carbonyl (C=O) groups is 1. The predicted octanol–water partition coefficient (Wildman–Crippen LogP) is 0.958. The topological polar surface area (TPSA) is 55.1 Å². The summed E-state index contributed by atoms with van der Waals surface area (Å²) in [6.45, 7) is 1.69. The van der Waals surface area contributed by atoms with E-state index in [0.717, 1.165) is 6.08 Å². The van der Waals surface area contributed by atoms with E-state index in [4.69, 9.17) is 5.73 Å². The molecule has 0 rings (SSSR count). The molecule has 14 heavy (non-hydrogen) atoms. The fourth-order valence-corrected chi connectivity index (χ4v) is 0.849. The zero-order valence-electron chi connectivity index (χ0n) is 7.77. The third-order valence-corrected chi connectivity index (χ3v) is 1.54. The van der Waals surface area contributed by atoms with Gasteiger partial charge in [-0.3, -0.25) is 4.79 Å². The molecule has 0 saturated carbocycles. The Balaban J connectivity index is 3.83. The van der Waals surface area contributed by atoms with Gasteiger partial charge in [-0.2, -0.15) is 13.2 Å². The number of allylic oxidation sites excluding steroid dienone is 1. The van der Waals surface area contributed by atoms with Gasteiger partial charge in [-0.25, -0.2) is 0 Å². The first-order valence-electron chi connectivity index (χ1n) is 4.14. The minimum absolute atomic E-state index is 0.0268. The average Bonchev–Trinajstić information content (AvgIpc) is 2.01. The summed E-state index contributed by atoms with van der Waals surface area (Å²) in [5, 5.41) is 2.58. The smallest absolute Gasteiger partial charge is 0.368 e. The Morgan fingerprint density at radius 2 is 2.14 bits per heavy atom. The number of hydrogen-bond acceptors (Lipinski definition) is 2. The molecule has 0 fully saturated rings. The lowest BCUT2D eigenvalue weighted by Gasteiger charge is -2.10. The van der Waals surface area contributed by atoms with Crippen molar-refractivity contribution in [2.75, 3.05) is 6.54 Å². The fraction of sp³-hybridized carbons (Fsp3) is 0.625. The first kappa shape index (κ1) is 13.0. The monoisotopic (exact) mass is 210 g/mol. The molecule has 3 N–H and O–H groups in total. The lowest BCUT2D eigenvalue weighted by Crippen LogP contribution is -2.40. The van der Waals surface area contributed by atoms with Gasteiger partial charge in [0.1, 0.15) is 0 Å². The molecule has 0 spiro atoms. The Hall–Kier alpha value is -1.04. The van der Waals surface area contributed by atoms with Crippen molar-refractivity contribution in [2.24, 2.45) is 5.73 Å². The van der Waals surface area contributed by atoms with Crippen molar-refractivity contribution in [1.82, 2.24) is 5.32 Å². The zero-order chi connectivity index (χ0) is 11.2. The van der Waals surface area contributed by atoms with Crippen LogP contribution in [0.3, 0.4) is 0 Å². The summed E-state index contributed by atoms with van der Waals surface area (Å²) in [4.78, 5) is 10.6. The van der Waals surface area contributed by atoms with Crippen molar-refractivity contribution >= 4 is 5.91 Å². The van der Waals surface area contributed by atoms with Crippen LogP contribution in [0.25, 0.3) is 0 Å². The molecule has 3 nitrogen and oxygen atoms in total. The molecule has 0 aromatic heterocycles. The number of nitrogens with one attached hydrogen (secondary N) is 1. The normalized spacial score (nSPS) is 14.6. The quantitative estimate of drug-likeness (QED) is 0.664. The summed E-state index contributed by atoms with van der Waals surface area (Å²) in [7, 11) is 0. The molecule has 0 aromatic carbocycles. The van der Waals surface area contributed by atoms with Crippen LogP contribution in [-0.2, 0) is 4.79 Å². The van der Waals surface area contributed by atoms with Gasteiger partial charge in [-0.15, -0.1) is 0 Å². The summed E-state index contributed by atoms with van der Waals surface area (Å²) >= 11 is 0. The van der Waals surface area contributed by atoms with Gasteiger partial charge in [0, 0.05) is 12.6 Å². The molecule has 0 unspecified atom stereocenters. The highest BCUT2D eigenvalue weighted by Gasteiger charge is 2.21. The molecule has 6 heteroatoms. The number of primary amides is 1. The molecule has 0 saturated heterocycles. The van der Waals surface area contributed by atoms with E-state index in [9.17, 15) is 18.0 Å². The summed E-state index contributed by atoms with van der Waals surface area (Å²) in [5.41, 5.74) is 4.97. The summed E-state index contributed by atoms with van der Waals surface area (Å²) in [6, 6.07) is -0.576. The lowest BCUT2D eigenvalue weighted by atomic mass is 10.2. The molecule has 0 heterocycles. The molecule has 0 radical (unpaired) electrons. The van der Waals surface area contributed by atoms with Crippen molar-refractivity contribution in [3.05, 3.63) is 12.2 Å². The summed E-state index contributed by atoms with van der Waals surface area (Å²) in [6.07, 6.45) is -2.83. The van der Waals surface area contributed by atoms with Gasteiger partial charge in [0.2, 0.25) is 5.91 Å². The molecule has 0 aliphatic rings. The number of hydrogen-bond donors (Lipinski definition) is 2. The van der Waals surface area contributed by atoms with Gasteiger partial charge < -0.3 is 11.1 Å². The van der Waals surface area contributed by atoms with Crippen LogP contribution >= 0.6 is 0 Å². The first-order chi connectivity index (χ1) is 6.37. The number of alkyl halides is 3. The Bertz CT molecular complexity index is 213. The number of halogens is 3. The Kier molecular flexibility index (Phi) is 5.22. The van der Waals surface area contributed by atoms with E-state index in [-0.39, 0.29) is 12.6 Å². The fourth-order valence-electron chi connectivity index (χ4n) is 0.849. The van der Waals surface area contributed by atoms with Crippen LogP contribution in [0.15, 0.2) is 12.2 Å². The molecule has 0 aromatic rings. The van der Waals surface area contributed by atoms with Gasteiger partial charge in [-0.1, -0.05) is 13.0 Å². The van der Waals surface area contributed by atoms with Gasteiger partial charge in [0.25, 0.3) is 0 Å². The Morgan fingerprint density at radius 1 is 1.57 bits per heavy atom. The van der Waals surface area contributed by atoms with Crippen molar-refractivity contribution in [3.8, 4) is 0 Å². The van der Waals surface area contributed by atoms with Crippen molar-refractivity contribution in [1.29, 1.82) is 0 Å². The minimum atomic E-state index is -4.31. The third kappa shape index (κ3) is 6.47. The van der Waals surface area contributed by atoms with Crippen molar-refractivity contribution in [2.45, 2.75) is 25.6 Å². The zero-order valence-corrected chi connectivity index (χ0v) is 7.77. The average molecular weight is 210 g/mol. The standard InChI is InChI=1S/C8H13F3N2O/c1-2-6(7(12)14)13-5-3-4-8(9,10)11/h3-4,6,13H,2,5H2,1H3,(H2,12,14)/t6-/m0/s1. The number of nitrogens with two attached hydrogens (primary N) is 1. The molecule has 82 valence electrons. The molecular formula is C8H13F3N2O. The molecule has 0 bridgehead atoms. The van der Waals surface area contributed by atoms with Gasteiger partial charge in [0.05, 0.1) is 6.04 Å². The largest absolute Gasteiger partial charge is 0.409 e. The van der Waals surface area contributed by atoms with Gasteiger partial charge in [0.15, 0.2) is 0 Å². The van der Waals surface area contributed by atoms with Crippen LogP contribution in [0.4, 0.5) is 13.2 Å². The van der Waals surface area contributed by atoms with Crippen molar-refractivity contribution < 1.29 is 18.0 Å². The summed E-state index contributed by atoms with van der Waals surface area (Å²) in [5.74, 6) is -0.562. The predicted molar refractivity (Wildman–Crippen MR) is 46.5 cm³/mol. The molecule has 0 aliphatic carbocycles. The number of amides is 1. The van der Waals surface area contributed by atoms with Crippen LogP contribution in [0.2, 0.25) is 0 Å². The SMILES string of the molecule is CC[C@H](NCC=CC(F)(F)F)C(N)=O. The Labute approximate surface area is 80.2 Å². The van der Waals surface area contributed by atoms with E-state index in [1.807, 2.05) is 0 Å². The van der Waals surface area contributed by atoms with E-state index >= 15 is 0 Å². The summed E-state index contributed by atoms with van der Waals surface area (Å²) < 4.78 is 34.8. The minimum Gasteiger partial charge on any atom is -0.368 e. The highest BCUT2D eigenvalue weighted by molar-refractivity contribution is 5.79. The maximum absolute atomic E-state index is 11.6. The van der Waals surface area contributed by atoms with E-state index in [1.54, 1.807) is 6.92 Å². The second-order valence-electron chi connectivity index (χ2n) is 2.72. The number of rotatable bonds is 5. The Morgan fingerprint density at radius 3 is 2.50 bits per heavy atom. The molecule has 0 aliphatic heterocycles. The maximum atomic E-state index is 11.6. The third-order valence-electron chi connectivity index (χ3n) is 1.54. The molecular weight excluding hydrogens is 197 g/mol. The van der Waals surface area contributed by atoms with E-state index in [0.29, 0.717) is 6.42 Å². The van der Waals surface area contributed by atoms with Crippen LogP contribution in [0.5, 0.6) is 0 Å². The highest BCUT2D eigenvalue weighted by atomic mass is 19.4.